The molecule has 1 aliphatic rings. The number of rotatable bonds is 9. The molecule has 3 rings (SSSR count). The second-order valence-electron chi connectivity index (χ2n) is 6.41. The molecule has 9 heteroatoms. The van der Waals surface area contributed by atoms with Crippen molar-refractivity contribution in [3.8, 4) is 17.2 Å². The minimum atomic E-state index is -0.489. The van der Waals surface area contributed by atoms with E-state index >= 15 is 0 Å². The molecule has 0 spiro atoms. The number of ether oxygens (including phenoxy) is 4. The van der Waals surface area contributed by atoms with Crippen molar-refractivity contribution < 1.29 is 28.5 Å². The number of carbonyl (C=O) groups is 2. The maximum absolute atomic E-state index is 12.4. The summed E-state index contributed by atoms with van der Waals surface area (Å²) in [6.07, 6.45) is 1.74. The van der Waals surface area contributed by atoms with Gasteiger partial charge in [-0.1, -0.05) is 6.07 Å². The van der Waals surface area contributed by atoms with Crippen LogP contribution in [0.5, 0.6) is 17.2 Å². The van der Waals surface area contributed by atoms with Crippen LogP contribution in [0.15, 0.2) is 52.4 Å². The molecule has 32 heavy (non-hydrogen) atoms. The van der Waals surface area contributed by atoms with Crippen molar-refractivity contribution >= 4 is 40.6 Å². The number of thioether (sulfide) groups is 1. The van der Waals surface area contributed by atoms with Crippen LogP contribution in [0.2, 0.25) is 0 Å². The van der Waals surface area contributed by atoms with Crippen LogP contribution < -0.4 is 19.5 Å². The fourth-order valence-corrected chi connectivity index (χ4v) is 3.57. The van der Waals surface area contributed by atoms with Gasteiger partial charge in [0, 0.05) is 0 Å². The highest BCUT2D eigenvalue weighted by molar-refractivity contribution is 8.18. The minimum Gasteiger partial charge on any atom is -0.494 e. The first-order valence-electron chi connectivity index (χ1n) is 10.0. The van der Waals surface area contributed by atoms with Crippen molar-refractivity contribution in [1.29, 1.82) is 0 Å². The molecule has 2 aromatic carbocycles. The Bertz CT molecular complexity index is 1030. The van der Waals surface area contributed by atoms with Gasteiger partial charge >= 0.3 is 5.97 Å². The van der Waals surface area contributed by atoms with Crippen molar-refractivity contribution in [2.24, 2.45) is 4.99 Å². The lowest BCUT2D eigenvalue weighted by Crippen LogP contribution is -2.19. The van der Waals surface area contributed by atoms with Gasteiger partial charge in [0.2, 0.25) is 0 Å². The largest absolute Gasteiger partial charge is 0.494 e. The lowest BCUT2D eigenvalue weighted by Gasteiger charge is -2.12. The smallest absolute Gasteiger partial charge is 0.343 e. The number of benzene rings is 2. The summed E-state index contributed by atoms with van der Waals surface area (Å²) >= 11 is 1.25. The molecule has 1 aliphatic heterocycles. The topological polar surface area (TPSA) is 95.5 Å². The van der Waals surface area contributed by atoms with Gasteiger partial charge in [-0.05, 0) is 73.6 Å². The van der Waals surface area contributed by atoms with Gasteiger partial charge in [0.25, 0.3) is 5.91 Å². The molecule has 2 aromatic rings. The Morgan fingerprint density at radius 3 is 2.47 bits per heavy atom. The van der Waals surface area contributed by atoms with Gasteiger partial charge in [-0.25, -0.2) is 9.79 Å². The Morgan fingerprint density at radius 1 is 1.03 bits per heavy atom. The summed E-state index contributed by atoms with van der Waals surface area (Å²) in [7, 11) is 1.29. The highest BCUT2D eigenvalue weighted by atomic mass is 32.2. The molecule has 8 nitrogen and oxygen atoms in total. The Hall–Kier alpha value is -3.46. The number of aliphatic imine (C=N–C) groups is 1. The molecule has 1 N–H and O–H groups in total. The van der Waals surface area contributed by atoms with Gasteiger partial charge in [-0.2, -0.15) is 0 Å². The number of amides is 1. The Balaban J connectivity index is 1.75. The number of nitrogens with one attached hydrogen (secondary N) is 1. The van der Waals surface area contributed by atoms with Crippen LogP contribution in [-0.4, -0.2) is 44.0 Å². The fourth-order valence-electron chi connectivity index (χ4n) is 2.73. The van der Waals surface area contributed by atoms with E-state index in [1.165, 1.54) is 18.9 Å². The standard InChI is InChI=1S/C23H24N2O6S/c1-4-29-17-9-7-16(8-10-17)24-23-25-22(27)20(32-23)13-15-6-11-18(19(12-15)30-5-2)31-14-21(26)28-3/h6-13H,4-5,14H2,1-3H3,(H,24,25,27)/b20-13+. The average Bonchev–Trinajstić information content (AvgIpc) is 3.13. The lowest BCUT2D eigenvalue weighted by molar-refractivity contribution is -0.142. The van der Waals surface area contributed by atoms with Crippen LogP contribution in [0, 0.1) is 0 Å². The molecular formula is C23H24N2O6S. The van der Waals surface area contributed by atoms with E-state index in [1.54, 1.807) is 24.3 Å². The minimum absolute atomic E-state index is 0.222. The van der Waals surface area contributed by atoms with Crippen LogP contribution >= 0.6 is 11.8 Å². The summed E-state index contributed by atoms with van der Waals surface area (Å²) in [4.78, 5) is 28.7. The molecule has 0 atom stereocenters. The normalized spacial score (nSPS) is 15.5. The number of hydrogen-bond donors (Lipinski definition) is 1. The molecular weight excluding hydrogens is 432 g/mol. The number of esters is 1. The van der Waals surface area contributed by atoms with Crippen LogP contribution in [-0.2, 0) is 14.3 Å². The zero-order valence-electron chi connectivity index (χ0n) is 18.0. The van der Waals surface area contributed by atoms with Gasteiger partial charge in [-0.3, -0.25) is 4.79 Å². The maximum Gasteiger partial charge on any atom is 0.343 e. The number of methoxy groups -OCH3 is 1. The summed E-state index contributed by atoms with van der Waals surface area (Å²) in [5.41, 5.74) is 1.46. The van der Waals surface area contributed by atoms with Gasteiger partial charge in [-0.15, -0.1) is 0 Å². The Morgan fingerprint density at radius 2 is 1.78 bits per heavy atom. The van der Waals surface area contributed by atoms with E-state index in [0.29, 0.717) is 40.5 Å². The van der Waals surface area contributed by atoms with Crippen LogP contribution in [0.25, 0.3) is 6.08 Å². The van der Waals surface area contributed by atoms with Crippen LogP contribution in [0.1, 0.15) is 19.4 Å². The number of carbonyl (C=O) groups excluding carboxylic acids is 2. The SMILES string of the molecule is CCOc1ccc(N=C2NC(=O)/C(=C\c3ccc(OCC(=O)OC)c(OCC)c3)S2)cc1. The average molecular weight is 457 g/mol. The van der Waals surface area contributed by atoms with Gasteiger partial charge in [0.1, 0.15) is 5.75 Å². The van der Waals surface area contributed by atoms with E-state index in [9.17, 15) is 9.59 Å². The summed E-state index contributed by atoms with van der Waals surface area (Å²) in [5, 5.41) is 3.26. The van der Waals surface area contributed by atoms with E-state index in [2.05, 4.69) is 15.0 Å². The van der Waals surface area contributed by atoms with Crippen molar-refractivity contribution in [1.82, 2.24) is 5.32 Å². The van der Waals surface area contributed by atoms with Crippen molar-refractivity contribution in [3.05, 3.63) is 52.9 Å². The monoisotopic (exact) mass is 456 g/mol. The number of amidine groups is 1. The Kier molecular flexibility index (Phi) is 8.15. The third-order valence-corrected chi connectivity index (χ3v) is 5.08. The molecule has 1 heterocycles. The summed E-state index contributed by atoms with van der Waals surface area (Å²) in [6.45, 7) is 4.56. The molecule has 0 aromatic heterocycles. The van der Waals surface area contributed by atoms with E-state index in [-0.39, 0.29) is 12.5 Å². The molecule has 0 saturated carbocycles. The summed E-state index contributed by atoms with van der Waals surface area (Å²) in [5.74, 6) is 0.933. The van der Waals surface area contributed by atoms with Gasteiger partial charge in [0.15, 0.2) is 23.3 Å². The van der Waals surface area contributed by atoms with Crippen molar-refractivity contribution in [2.45, 2.75) is 13.8 Å². The highest BCUT2D eigenvalue weighted by Gasteiger charge is 2.24. The number of nitrogens with zero attached hydrogens (tertiary/aromatic N) is 1. The predicted molar refractivity (Wildman–Crippen MR) is 124 cm³/mol. The number of hydrogen-bond acceptors (Lipinski definition) is 8. The van der Waals surface area contributed by atoms with Crippen LogP contribution in [0.4, 0.5) is 5.69 Å². The van der Waals surface area contributed by atoms with Crippen molar-refractivity contribution in [2.75, 3.05) is 26.9 Å². The summed E-state index contributed by atoms with van der Waals surface area (Å²) < 4.78 is 21.1. The first kappa shape index (κ1) is 23.2. The van der Waals surface area contributed by atoms with E-state index < -0.39 is 5.97 Å². The predicted octanol–water partition coefficient (Wildman–Crippen LogP) is 3.93. The molecule has 0 bridgehead atoms. The maximum atomic E-state index is 12.4. The molecule has 168 valence electrons. The third kappa shape index (κ3) is 6.27. The van der Waals surface area contributed by atoms with Gasteiger partial charge < -0.3 is 24.3 Å². The second-order valence-corrected chi connectivity index (χ2v) is 7.44. The fraction of sp³-hybridized carbons (Fsp3) is 0.261. The third-order valence-electron chi connectivity index (χ3n) is 4.17. The quantitative estimate of drug-likeness (QED) is 0.451. The molecule has 0 radical (unpaired) electrons. The Labute approximate surface area is 190 Å². The van der Waals surface area contributed by atoms with Gasteiger partial charge in [0.05, 0.1) is 30.9 Å². The molecule has 1 fully saturated rings. The molecule has 1 saturated heterocycles. The molecule has 0 aliphatic carbocycles. The zero-order valence-corrected chi connectivity index (χ0v) is 18.9. The zero-order chi connectivity index (χ0) is 22.9. The first-order chi connectivity index (χ1) is 15.5. The van der Waals surface area contributed by atoms with E-state index in [4.69, 9.17) is 14.2 Å². The molecule has 1 amide bonds. The first-order valence-corrected chi connectivity index (χ1v) is 10.8. The van der Waals surface area contributed by atoms with Crippen molar-refractivity contribution in [3.63, 3.8) is 0 Å². The second kappa shape index (κ2) is 11.2. The highest BCUT2D eigenvalue weighted by Crippen LogP contribution is 2.32. The lowest BCUT2D eigenvalue weighted by atomic mass is 10.2. The molecule has 0 unspecified atom stereocenters. The summed E-state index contributed by atoms with van der Waals surface area (Å²) in [6, 6.07) is 12.5. The van der Waals surface area contributed by atoms with E-state index in [1.807, 2.05) is 38.1 Å². The van der Waals surface area contributed by atoms with Crippen LogP contribution in [0.3, 0.4) is 0 Å². The van der Waals surface area contributed by atoms with E-state index in [0.717, 1.165) is 11.3 Å².